The van der Waals surface area contributed by atoms with Gasteiger partial charge in [0, 0.05) is 6.04 Å². The fourth-order valence-corrected chi connectivity index (χ4v) is 3.34. The van der Waals surface area contributed by atoms with Crippen LogP contribution in [0.25, 0.3) is 0 Å². The van der Waals surface area contributed by atoms with E-state index >= 15 is 0 Å². The summed E-state index contributed by atoms with van der Waals surface area (Å²) in [5.74, 6) is 0.794. The van der Waals surface area contributed by atoms with Crippen LogP contribution in [0.2, 0.25) is 0 Å². The van der Waals surface area contributed by atoms with Crippen LogP contribution in [-0.2, 0) is 6.42 Å². The summed E-state index contributed by atoms with van der Waals surface area (Å²) < 4.78 is 0. The Hall–Kier alpha value is -0.820. The molecule has 1 aromatic carbocycles. The summed E-state index contributed by atoms with van der Waals surface area (Å²) in [4.78, 5) is 0. The Kier molecular flexibility index (Phi) is 2.28. The molecule has 1 aromatic rings. The molecule has 2 aliphatic rings. The lowest BCUT2D eigenvalue weighted by Gasteiger charge is -2.19. The van der Waals surface area contributed by atoms with Gasteiger partial charge in [-0.1, -0.05) is 18.2 Å². The lowest BCUT2D eigenvalue weighted by atomic mass is 9.91. The highest BCUT2D eigenvalue weighted by Crippen LogP contribution is 2.39. The second-order valence-corrected chi connectivity index (χ2v) is 4.99. The third-order valence-electron chi connectivity index (χ3n) is 4.14. The van der Waals surface area contributed by atoms with Crippen LogP contribution in [0.3, 0.4) is 0 Å². The first-order valence-corrected chi connectivity index (χ1v) is 6.18. The number of hydrogen-bond donors (Lipinski definition) is 1. The van der Waals surface area contributed by atoms with Crippen molar-refractivity contribution in [3.8, 4) is 0 Å². The molecule has 1 aliphatic heterocycles. The number of hydrogen-bond acceptors (Lipinski definition) is 1. The van der Waals surface area contributed by atoms with E-state index in [4.69, 9.17) is 0 Å². The SMILES string of the molecule is Cc1cccc2c1CCC2C1CCCN1. The summed E-state index contributed by atoms with van der Waals surface area (Å²) in [6, 6.07) is 7.58. The maximum Gasteiger partial charge on any atom is 0.0136 e. The number of nitrogens with one attached hydrogen (secondary N) is 1. The van der Waals surface area contributed by atoms with E-state index in [1.54, 1.807) is 11.1 Å². The van der Waals surface area contributed by atoms with E-state index in [2.05, 4.69) is 30.4 Å². The maximum atomic E-state index is 3.66. The molecular weight excluding hydrogens is 182 g/mol. The third kappa shape index (κ3) is 1.50. The lowest BCUT2D eigenvalue weighted by Crippen LogP contribution is -2.27. The standard InChI is InChI=1S/C14H19N/c1-10-4-2-5-12-11(10)7-8-13(12)14-6-3-9-15-14/h2,4-5,13-15H,3,6-9H2,1H3. The van der Waals surface area contributed by atoms with Crippen molar-refractivity contribution in [3.05, 3.63) is 34.9 Å². The highest BCUT2D eigenvalue weighted by Gasteiger charge is 2.31. The molecule has 1 heteroatoms. The van der Waals surface area contributed by atoms with Gasteiger partial charge in [0.25, 0.3) is 0 Å². The Morgan fingerprint density at radius 1 is 1.27 bits per heavy atom. The van der Waals surface area contributed by atoms with Crippen molar-refractivity contribution in [2.24, 2.45) is 0 Å². The van der Waals surface area contributed by atoms with Crippen molar-refractivity contribution in [3.63, 3.8) is 0 Å². The van der Waals surface area contributed by atoms with Crippen molar-refractivity contribution in [1.29, 1.82) is 0 Å². The Labute approximate surface area is 91.9 Å². The molecule has 2 unspecified atom stereocenters. The number of aryl methyl sites for hydroxylation is 1. The second kappa shape index (κ2) is 3.64. The largest absolute Gasteiger partial charge is 0.313 e. The van der Waals surface area contributed by atoms with Gasteiger partial charge >= 0.3 is 0 Å². The van der Waals surface area contributed by atoms with Gasteiger partial charge in [-0.3, -0.25) is 0 Å². The van der Waals surface area contributed by atoms with Crippen LogP contribution in [-0.4, -0.2) is 12.6 Å². The minimum absolute atomic E-state index is 0.757. The summed E-state index contributed by atoms with van der Waals surface area (Å²) >= 11 is 0. The van der Waals surface area contributed by atoms with Gasteiger partial charge in [-0.25, -0.2) is 0 Å². The number of benzene rings is 1. The molecule has 1 N–H and O–H groups in total. The molecule has 0 aromatic heterocycles. The second-order valence-electron chi connectivity index (χ2n) is 4.99. The summed E-state index contributed by atoms with van der Waals surface area (Å²) in [6.45, 7) is 3.48. The highest BCUT2D eigenvalue weighted by atomic mass is 14.9. The Morgan fingerprint density at radius 3 is 3.00 bits per heavy atom. The van der Waals surface area contributed by atoms with Crippen LogP contribution in [0, 0.1) is 6.92 Å². The zero-order chi connectivity index (χ0) is 10.3. The van der Waals surface area contributed by atoms with Crippen molar-refractivity contribution >= 4 is 0 Å². The van der Waals surface area contributed by atoms with E-state index < -0.39 is 0 Å². The fraction of sp³-hybridized carbons (Fsp3) is 0.571. The third-order valence-corrected chi connectivity index (χ3v) is 4.14. The molecule has 2 atom stereocenters. The van der Waals surface area contributed by atoms with Gasteiger partial charge in [-0.15, -0.1) is 0 Å². The smallest absolute Gasteiger partial charge is 0.0136 e. The predicted molar refractivity (Wildman–Crippen MR) is 63.3 cm³/mol. The molecule has 0 spiro atoms. The van der Waals surface area contributed by atoms with Crippen LogP contribution >= 0.6 is 0 Å². The molecule has 1 nitrogen and oxygen atoms in total. The maximum absolute atomic E-state index is 3.66. The first kappa shape index (κ1) is 9.41. The topological polar surface area (TPSA) is 12.0 Å². The van der Waals surface area contributed by atoms with Crippen LogP contribution in [0.5, 0.6) is 0 Å². The summed E-state index contributed by atoms with van der Waals surface area (Å²) in [5.41, 5.74) is 4.76. The van der Waals surface area contributed by atoms with Crippen LogP contribution in [0.15, 0.2) is 18.2 Å². The molecule has 3 rings (SSSR count). The monoisotopic (exact) mass is 201 g/mol. The molecule has 1 fully saturated rings. The van der Waals surface area contributed by atoms with Crippen molar-refractivity contribution in [2.75, 3.05) is 6.54 Å². The number of rotatable bonds is 1. The van der Waals surface area contributed by atoms with Gasteiger partial charge < -0.3 is 5.32 Å². The quantitative estimate of drug-likeness (QED) is 0.736. The van der Waals surface area contributed by atoms with Gasteiger partial charge in [-0.05, 0) is 61.8 Å². The van der Waals surface area contributed by atoms with E-state index in [-0.39, 0.29) is 0 Å². The van der Waals surface area contributed by atoms with Gasteiger partial charge in [0.2, 0.25) is 0 Å². The molecule has 1 saturated heterocycles. The minimum Gasteiger partial charge on any atom is -0.313 e. The first-order valence-electron chi connectivity index (χ1n) is 6.18. The lowest BCUT2D eigenvalue weighted by molar-refractivity contribution is 0.486. The Bertz CT molecular complexity index is 364. The van der Waals surface area contributed by atoms with Crippen molar-refractivity contribution in [2.45, 2.75) is 44.6 Å². The Morgan fingerprint density at radius 2 is 2.20 bits per heavy atom. The van der Waals surface area contributed by atoms with Gasteiger partial charge in [0.05, 0.1) is 0 Å². The molecule has 0 amide bonds. The van der Waals surface area contributed by atoms with Crippen LogP contribution in [0.4, 0.5) is 0 Å². The molecule has 1 aliphatic carbocycles. The van der Waals surface area contributed by atoms with E-state index in [0.717, 1.165) is 12.0 Å². The number of fused-ring (bicyclic) bond motifs is 1. The van der Waals surface area contributed by atoms with Crippen molar-refractivity contribution < 1.29 is 0 Å². The van der Waals surface area contributed by atoms with Crippen LogP contribution < -0.4 is 5.32 Å². The summed E-state index contributed by atoms with van der Waals surface area (Å²) in [5, 5.41) is 3.66. The molecule has 0 bridgehead atoms. The van der Waals surface area contributed by atoms with E-state index in [1.807, 2.05) is 0 Å². The molecule has 0 saturated carbocycles. The molecular formula is C14H19N. The van der Waals surface area contributed by atoms with Crippen LogP contribution in [0.1, 0.15) is 41.9 Å². The van der Waals surface area contributed by atoms with E-state index in [9.17, 15) is 0 Å². The van der Waals surface area contributed by atoms with E-state index in [0.29, 0.717) is 0 Å². The predicted octanol–water partition coefficient (Wildman–Crippen LogP) is 2.78. The Balaban J connectivity index is 1.94. The summed E-state index contributed by atoms with van der Waals surface area (Å²) in [7, 11) is 0. The molecule has 80 valence electrons. The van der Waals surface area contributed by atoms with Gasteiger partial charge in [0.15, 0.2) is 0 Å². The van der Waals surface area contributed by atoms with Gasteiger partial charge in [-0.2, -0.15) is 0 Å². The highest BCUT2D eigenvalue weighted by molar-refractivity contribution is 5.41. The molecule has 1 heterocycles. The average molecular weight is 201 g/mol. The summed E-state index contributed by atoms with van der Waals surface area (Å²) in [6.07, 6.45) is 5.39. The van der Waals surface area contributed by atoms with E-state index in [1.165, 1.54) is 37.8 Å². The van der Waals surface area contributed by atoms with Crippen molar-refractivity contribution in [1.82, 2.24) is 5.32 Å². The van der Waals surface area contributed by atoms with Gasteiger partial charge in [0.1, 0.15) is 0 Å². The fourth-order valence-electron chi connectivity index (χ4n) is 3.34. The molecule has 15 heavy (non-hydrogen) atoms. The zero-order valence-corrected chi connectivity index (χ0v) is 9.42. The normalized spacial score (nSPS) is 29.4. The first-order chi connectivity index (χ1) is 7.36. The molecule has 0 radical (unpaired) electrons. The zero-order valence-electron chi connectivity index (χ0n) is 9.42. The average Bonchev–Trinajstić information content (AvgIpc) is 2.85. The minimum atomic E-state index is 0.757.